The second-order valence-corrected chi connectivity index (χ2v) is 4.49. The highest BCUT2D eigenvalue weighted by molar-refractivity contribution is 5.89. The van der Waals surface area contributed by atoms with E-state index in [1.54, 1.807) is 0 Å². The molecule has 0 aliphatic heterocycles. The van der Waals surface area contributed by atoms with Crippen LogP contribution in [0.5, 0.6) is 0 Å². The van der Waals surface area contributed by atoms with Crippen molar-refractivity contribution in [3.63, 3.8) is 0 Å². The molecule has 0 unspecified atom stereocenters. The smallest absolute Gasteiger partial charge is 0.240 e. The number of aromatic nitrogens is 1. The molecule has 88 valence electrons. The van der Waals surface area contributed by atoms with Crippen molar-refractivity contribution in [2.75, 3.05) is 0 Å². The zero-order valence-corrected chi connectivity index (χ0v) is 9.27. The van der Waals surface area contributed by atoms with Crippen LogP contribution in [0, 0.1) is 0 Å². The normalized spacial score (nSPS) is 17.0. The van der Waals surface area contributed by atoms with Gasteiger partial charge in [-0.1, -0.05) is 6.07 Å². The van der Waals surface area contributed by atoms with E-state index in [0.29, 0.717) is 6.54 Å². The van der Waals surface area contributed by atoms with Crippen LogP contribution in [-0.4, -0.2) is 16.4 Å². The second kappa shape index (κ2) is 3.56. The molecule has 17 heavy (non-hydrogen) atoms. The van der Waals surface area contributed by atoms with Gasteiger partial charge >= 0.3 is 0 Å². The number of hydrogen-bond acceptors (Lipinski definition) is 4. The standard InChI is InChI=1S/C12H13N3O2/c13-12(3-4-12)11(16)14-6-8-1-2-9-10(5-8)17-7-15-9/h1-2,5,7H,3-4,6,13H2,(H,14,16). The van der Waals surface area contributed by atoms with E-state index in [1.807, 2.05) is 18.2 Å². The zero-order valence-electron chi connectivity index (χ0n) is 9.27. The zero-order chi connectivity index (χ0) is 11.9. The van der Waals surface area contributed by atoms with Gasteiger partial charge in [-0.3, -0.25) is 4.79 Å². The van der Waals surface area contributed by atoms with Crippen LogP contribution in [0.2, 0.25) is 0 Å². The number of rotatable bonds is 3. The number of fused-ring (bicyclic) bond motifs is 1. The lowest BCUT2D eigenvalue weighted by Gasteiger charge is -2.09. The van der Waals surface area contributed by atoms with E-state index in [9.17, 15) is 4.79 Å². The van der Waals surface area contributed by atoms with Crippen molar-refractivity contribution in [2.24, 2.45) is 5.73 Å². The first-order valence-corrected chi connectivity index (χ1v) is 5.57. The van der Waals surface area contributed by atoms with Crippen LogP contribution in [-0.2, 0) is 11.3 Å². The van der Waals surface area contributed by atoms with E-state index in [2.05, 4.69) is 10.3 Å². The molecule has 1 fully saturated rings. The molecule has 0 atom stereocenters. The second-order valence-electron chi connectivity index (χ2n) is 4.49. The van der Waals surface area contributed by atoms with Crippen LogP contribution >= 0.6 is 0 Å². The Morgan fingerprint density at radius 3 is 3.12 bits per heavy atom. The van der Waals surface area contributed by atoms with Gasteiger partial charge in [0.15, 0.2) is 12.0 Å². The fourth-order valence-electron chi connectivity index (χ4n) is 1.73. The summed E-state index contributed by atoms with van der Waals surface area (Å²) in [6, 6.07) is 5.66. The number of amides is 1. The molecule has 1 saturated carbocycles. The molecule has 1 amide bonds. The maximum absolute atomic E-state index is 11.6. The van der Waals surface area contributed by atoms with Gasteiger partial charge in [0.2, 0.25) is 5.91 Å². The van der Waals surface area contributed by atoms with E-state index in [4.69, 9.17) is 10.2 Å². The highest BCUT2D eigenvalue weighted by atomic mass is 16.3. The molecular formula is C12H13N3O2. The number of hydrogen-bond donors (Lipinski definition) is 2. The van der Waals surface area contributed by atoms with Crippen LogP contribution in [0.3, 0.4) is 0 Å². The Bertz CT molecular complexity index is 572. The topological polar surface area (TPSA) is 81.2 Å². The van der Waals surface area contributed by atoms with Gasteiger partial charge in [-0.2, -0.15) is 0 Å². The van der Waals surface area contributed by atoms with Crippen molar-refractivity contribution in [1.29, 1.82) is 0 Å². The summed E-state index contributed by atoms with van der Waals surface area (Å²) in [4.78, 5) is 15.7. The van der Waals surface area contributed by atoms with Gasteiger partial charge in [0.05, 0.1) is 5.54 Å². The maximum atomic E-state index is 11.6. The molecule has 1 aliphatic rings. The Morgan fingerprint density at radius 2 is 2.35 bits per heavy atom. The fraction of sp³-hybridized carbons (Fsp3) is 0.333. The minimum Gasteiger partial charge on any atom is -0.443 e. The molecule has 0 spiro atoms. The molecule has 0 saturated heterocycles. The van der Waals surface area contributed by atoms with Crippen LogP contribution in [0.15, 0.2) is 29.0 Å². The highest BCUT2D eigenvalue weighted by Gasteiger charge is 2.45. The minimum atomic E-state index is -0.615. The van der Waals surface area contributed by atoms with Gasteiger partial charge < -0.3 is 15.5 Å². The number of nitrogens with one attached hydrogen (secondary N) is 1. The van der Waals surface area contributed by atoms with Crippen LogP contribution < -0.4 is 11.1 Å². The van der Waals surface area contributed by atoms with Gasteiger partial charge in [0.1, 0.15) is 5.52 Å². The Kier molecular flexibility index (Phi) is 2.16. The molecule has 3 N–H and O–H groups in total. The molecule has 5 nitrogen and oxygen atoms in total. The Balaban J connectivity index is 1.70. The summed E-state index contributed by atoms with van der Waals surface area (Å²) in [5, 5.41) is 2.83. The molecule has 5 heteroatoms. The van der Waals surface area contributed by atoms with Gasteiger partial charge in [-0.15, -0.1) is 0 Å². The van der Waals surface area contributed by atoms with E-state index in [0.717, 1.165) is 29.5 Å². The van der Waals surface area contributed by atoms with Gasteiger partial charge in [-0.05, 0) is 30.5 Å². The SMILES string of the molecule is NC1(C(=O)NCc2ccc3ncoc3c2)CC1. The predicted molar refractivity (Wildman–Crippen MR) is 62.0 cm³/mol. The van der Waals surface area contributed by atoms with Crippen molar-refractivity contribution < 1.29 is 9.21 Å². The third-order valence-electron chi connectivity index (χ3n) is 3.09. The summed E-state index contributed by atoms with van der Waals surface area (Å²) >= 11 is 0. The number of benzene rings is 1. The molecule has 1 aliphatic carbocycles. The summed E-state index contributed by atoms with van der Waals surface area (Å²) in [6.07, 6.45) is 2.96. The first kappa shape index (κ1) is 10.3. The van der Waals surface area contributed by atoms with E-state index in [1.165, 1.54) is 6.39 Å². The third-order valence-corrected chi connectivity index (χ3v) is 3.09. The highest BCUT2D eigenvalue weighted by Crippen LogP contribution is 2.32. The maximum Gasteiger partial charge on any atom is 0.240 e. The van der Waals surface area contributed by atoms with Crippen LogP contribution in [0.25, 0.3) is 11.1 Å². The predicted octanol–water partition coefficient (Wildman–Crippen LogP) is 0.935. The monoisotopic (exact) mass is 231 g/mol. The Morgan fingerprint density at radius 1 is 1.53 bits per heavy atom. The van der Waals surface area contributed by atoms with Crippen molar-refractivity contribution in [2.45, 2.75) is 24.9 Å². The molecule has 0 radical (unpaired) electrons. The summed E-state index contributed by atoms with van der Waals surface area (Å²) in [6.45, 7) is 0.467. The first-order chi connectivity index (χ1) is 8.17. The fourth-order valence-corrected chi connectivity index (χ4v) is 1.73. The number of carbonyl (C=O) groups is 1. The van der Waals surface area contributed by atoms with Crippen molar-refractivity contribution in [1.82, 2.24) is 10.3 Å². The molecule has 1 aromatic carbocycles. The summed E-state index contributed by atoms with van der Waals surface area (Å²) in [5.74, 6) is -0.0739. The van der Waals surface area contributed by atoms with Crippen LogP contribution in [0.1, 0.15) is 18.4 Å². The van der Waals surface area contributed by atoms with Crippen LogP contribution in [0.4, 0.5) is 0 Å². The molecule has 1 aromatic heterocycles. The lowest BCUT2D eigenvalue weighted by Crippen LogP contribution is -2.42. The summed E-state index contributed by atoms with van der Waals surface area (Å²) in [5.41, 5.74) is 7.70. The number of carbonyl (C=O) groups excluding carboxylic acids is 1. The summed E-state index contributed by atoms with van der Waals surface area (Å²) in [7, 11) is 0. The average molecular weight is 231 g/mol. The van der Waals surface area contributed by atoms with Gasteiger partial charge in [-0.25, -0.2) is 4.98 Å². The van der Waals surface area contributed by atoms with E-state index in [-0.39, 0.29) is 5.91 Å². The van der Waals surface area contributed by atoms with Crippen molar-refractivity contribution in [3.05, 3.63) is 30.2 Å². The van der Waals surface area contributed by atoms with Gasteiger partial charge in [0, 0.05) is 6.54 Å². The lowest BCUT2D eigenvalue weighted by molar-refractivity contribution is -0.123. The largest absolute Gasteiger partial charge is 0.443 e. The molecule has 2 aromatic rings. The molecular weight excluding hydrogens is 218 g/mol. The molecule has 1 heterocycles. The van der Waals surface area contributed by atoms with Crippen molar-refractivity contribution >= 4 is 17.0 Å². The first-order valence-electron chi connectivity index (χ1n) is 5.57. The quantitative estimate of drug-likeness (QED) is 0.823. The van der Waals surface area contributed by atoms with Crippen molar-refractivity contribution in [3.8, 4) is 0 Å². The number of nitrogens with two attached hydrogens (primary N) is 1. The van der Waals surface area contributed by atoms with Gasteiger partial charge in [0.25, 0.3) is 0 Å². The lowest BCUT2D eigenvalue weighted by atomic mass is 10.2. The minimum absolute atomic E-state index is 0.0739. The third kappa shape index (κ3) is 1.89. The summed E-state index contributed by atoms with van der Waals surface area (Å²) < 4.78 is 5.20. The Labute approximate surface area is 98.0 Å². The number of oxazole rings is 1. The molecule has 0 bridgehead atoms. The molecule has 3 rings (SSSR count). The Hall–Kier alpha value is -1.88. The average Bonchev–Trinajstić information content (AvgIpc) is 2.93. The number of nitrogens with zero attached hydrogens (tertiary/aromatic N) is 1. The van der Waals surface area contributed by atoms with E-state index < -0.39 is 5.54 Å². The van der Waals surface area contributed by atoms with E-state index >= 15 is 0 Å².